The minimum absolute atomic E-state index is 0.0360. The second-order valence-corrected chi connectivity index (χ2v) is 9.18. The summed E-state index contributed by atoms with van der Waals surface area (Å²) in [6, 6.07) is 4.17. The minimum atomic E-state index is -0.0360. The molecule has 0 radical (unpaired) electrons. The zero-order valence-corrected chi connectivity index (χ0v) is 14.7. The summed E-state index contributed by atoms with van der Waals surface area (Å²) < 4.78 is 5.85. The Morgan fingerprint density at radius 2 is 2.29 bits per heavy atom. The summed E-state index contributed by atoms with van der Waals surface area (Å²) in [5, 5.41) is 2.08. The van der Waals surface area contributed by atoms with Crippen LogP contribution in [-0.2, 0) is 15.3 Å². The van der Waals surface area contributed by atoms with E-state index in [9.17, 15) is 4.79 Å². The third kappa shape index (κ3) is 2.65. The number of carbonyl (C=O) groups excluding carboxylic acids is 1. The first-order valence-corrected chi connectivity index (χ1v) is 9.76. The lowest BCUT2D eigenvalue weighted by Gasteiger charge is -2.38. The number of rotatable bonds is 5. The Morgan fingerprint density at radius 1 is 1.48 bits per heavy atom. The lowest BCUT2D eigenvalue weighted by Crippen LogP contribution is -2.38. The zero-order valence-electron chi connectivity index (χ0n) is 13.1. The quantitative estimate of drug-likeness (QED) is 0.732. The van der Waals surface area contributed by atoms with Crippen LogP contribution in [0, 0.1) is 16.7 Å². The maximum Gasteiger partial charge on any atom is 0.316 e. The number of hydrogen-bond donors (Lipinski definition) is 0. The Labute approximate surface area is 135 Å². The van der Waals surface area contributed by atoms with Gasteiger partial charge in [0.25, 0.3) is 0 Å². The molecule has 2 fully saturated rings. The van der Waals surface area contributed by atoms with E-state index in [4.69, 9.17) is 4.74 Å². The fourth-order valence-electron chi connectivity index (χ4n) is 4.13. The van der Waals surface area contributed by atoms with E-state index in [1.807, 2.05) is 0 Å². The molecule has 3 unspecified atom stereocenters. The molecule has 2 bridgehead atoms. The SMILES string of the molecule is CC1(C)C2CCC1(C)C(OC(=O)CSCc1cccs1)C2. The number of ether oxygens (including phenoxy) is 1. The molecule has 1 heterocycles. The van der Waals surface area contributed by atoms with Crippen LogP contribution in [-0.4, -0.2) is 17.8 Å². The number of thioether (sulfide) groups is 1. The molecule has 116 valence electrons. The first-order chi connectivity index (χ1) is 9.93. The Balaban J connectivity index is 1.50. The molecule has 3 rings (SSSR count). The average molecular weight is 325 g/mol. The molecule has 2 nitrogen and oxygen atoms in total. The van der Waals surface area contributed by atoms with Crippen molar-refractivity contribution in [2.75, 3.05) is 5.75 Å². The van der Waals surface area contributed by atoms with Crippen LogP contribution >= 0.6 is 23.1 Å². The van der Waals surface area contributed by atoms with Gasteiger partial charge in [-0.3, -0.25) is 4.79 Å². The lowest BCUT2D eigenvalue weighted by atomic mass is 9.70. The molecule has 0 aromatic carbocycles. The largest absolute Gasteiger partial charge is 0.461 e. The molecule has 1 aromatic heterocycles. The fourth-order valence-corrected chi connectivity index (χ4v) is 5.78. The van der Waals surface area contributed by atoms with E-state index in [2.05, 4.69) is 38.3 Å². The van der Waals surface area contributed by atoms with E-state index in [1.165, 1.54) is 17.7 Å². The predicted octanol–water partition coefficient (Wildman–Crippen LogP) is 4.74. The summed E-state index contributed by atoms with van der Waals surface area (Å²) in [7, 11) is 0. The van der Waals surface area contributed by atoms with Crippen LogP contribution in [0.15, 0.2) is 17.5 Å². The first kappa shape index (κ1) is 15.4. The molecule has 0 spiro atoms. The summed E-state index contributed by atoms with van der Waals surface area (Å²) in [5.74, 6) is 2.06. The number of fused-ring (bicyclic) bond motifs is 2. The van der Waals surface area contributed by atoms with Gasteiger partial charge in [-0.1, -0.05) is 26.8 Å². The van der Waals surface area contributed by atoms with Crippen molar-refractivity contribution in [1.82, 2.24) is 0 Å². The number of carbonyl (C=O) groups is 1. The molecule has 2 aliphatic carbocycles. The Morgan fingerprint density at radius 3 is 2.86 bits per heavy atom. The third-order valence-electron chi connectivity index (χ3n) is 6.03. The first-order valence-electron chi connectivity index (χ1n) is 7.73. The highest BCUT2D eigenvalue weighted by Gasteiger charge is 2.62. The standard InChI is InChI=1S/C17H24O2S2/c1-16(2)12-6-7-17(16,3)14(9-12)19-15(18)11-20-10-13-5-4-8-21-13/h4-5,8,12,14H,6-7,9-11H2,1-3H3. The van der Waals surface area contributed by atoms with Crippen LogP contribution in [0.2, 0.25) is 0 Å². The van der Waals surface area contributed by atoms with Gasteiger partial charge in [0.15, 0.2) is 0 Å². The molecule has 3 atom stereocenters. The highest BCUT2D eigenvalue weighted by Crippen LogP contribution is 2.66. The van der Waals surface area contributed by atoms with Crippen molar-refractivity contribution in [2.45, 2.75) is 51.9 Å². The van der Waals surface area contributed by atoms with E-state index >= 15 is 0 Å². The van der Waals surface area contributed by atoms with E-state index in [0.29, 0.717) is 11.2 Å². The summed E-state index contributed by atoms with van der Waals surface area (Å²) in [5.41, 5.74) is 0.480. The van der Waals surface area contributed by atoms with Crippen molar-refractivity contribution in [2.24, 2.45) is 16.7 Å². The van der Waals surface area contributed by atoms with Gasteiger partial charge in [-0.2, -0.15) is 0 Å². The van der Waals surface area contributed by atoms with Crippen LogP contribution in [0.4, 0.5) is 0 Å². The van der Waals surface area contributed by atoms with Gasteiger partial charge >= 0.3 is 5.97 Å². The number of esters is 1. The van der Waals surface area contributed by atoms with E-state index in [-0.39, 0.29) is 17.5 Å². The fraction of sp³-hybridized carbons (Fsp3) is 0.706. The van der Waals surface area contributed by atoms with E-state index in [0.717, 1.165) is 18.1 Å². The van der Waals surface area contributed by atoms with E-state index in [1.54, 1.807) is 23.1 Å². The molecule has 0 aliphatic heterocycles. The highest BCUT2D eigenvalue weighted by atomic mass is 32.2. The van der Waals surface area contributed by atoms with Crippen LogP contribution in [0.1, 0.15) is 44.9 Å². The zero-order chi connectivity index (χ0) is 15.1. The van der Waals surface area contributed by atoms with Crippen LogP contribution < -0.4 is 0 Å². The third-order valence-corrected chi connectivity index (χ3v) is 8.05. The van der Waals surface area contributed by atoms with Gasteiger partial charge in [-0.05, 0) is 42.0 Å². The molecule has 0 N–H and O–H groups in total. The Kier molecular flexibility index (Phi) is 4.12. The average Bonchev–Trinajstić information content (AvgIpc) is 3.05. The summed E-state index contributed by atoms with van der Waals surface area (Å²) in [6.07, 6.45) is 3.68. The van der Waals surface area contributed by atoms with Crippen molar-refractivity contribution < 1.29 is 9.53 Å². The summed E-state index contributed by atoms with van der Waals surface area (Å²) in [4.78, 5) is 13.4. The second-order valence-electron chi connectivity index (χ2n) is 7.16. The molecule has 2 aliphatic rings. The number of thiophene rings is 1. The Bertz CT molecular complexity index is 509. The molecule has 2 saturated carbocycles. The monoisotopic (exact) mass is 324 g/mol. The second kappa shape index (κ2) is 5.62. The maximum atomic E-state index is 12.1. The molecule has 21 heavy (non-hydrogen) atoms. The van der Waals surface area contributed by atoms with E-state index < -0.39 is 0 Å². The van der Waals surface area contributed by atoms with Crippen LogP contribution in [0.3, 0.4) is 0 Å². The van der Waals surface area contributed by atoms with Gasteiger partial charge in [-0.15, -0.1) is 23.1 Å². The van der Waals surface area contributed by atoms with Crippen molar-refractivity contribution in [3.05, 3.63) is 22.4 Å². The molecule has 0 saturated heterocycles. The Hall–Kier alpha value is -0.480. The van der Waals surface area contributed by atoms with Gasteiger partial charge in [0.2, 0.25) is 0 Å². The van der Waals surface area contributed by atoms with Gasteiger partial charge in [-0.25, -0.2) is 0 Å². The topological polar surface area (TPSA) is 26.3 Å². The van der Waals surface area contributed by atoms with Gasteiger partial charge in [0.05, 0.1) is 5.75 Å². The lowest BCUT2D eigenvalue weighted by molar-refractivity contribution is -0.153. The van der Waals surface area contributed by atoms with Gasteiger partial charge < -0.3 is 4.74 Å². The predicted molar refractivity (Wildman–Crippen MR) is 89.6 cm³/mol. The van der Waals surface area contributed by atoms with Crippen molar-refractivity contribution in [3.8, 4) is 0 Å². The minimum Gasteiger partial charge on any atom is -0.461 e. The molecular weight excluding hydrogens is 300 g/mol. The molecule has 4 heteroatoms. The van der Waals surface area contributed by atoms with Crippen molar-refractivity contribution >= 4 is 29.1 Å². The number of hydrogen-bond acceptors (Lipinski definition) is 4. The van der Waals surface area contributed by atoms with Gasteiger partial charge in [0.1, 0.15) is 6.10 Å². The van der Waals surface area contributed by atoms with Gasteiger partial charge in [0, 0.05) is 16.0 Å². The van der Waals surface area contributed by atoms with Crippen molar-refractivity contribution in [1.29, 1.82) is 0 Å². The van der Waals surface area contributed by atoms with Crippen LogP contribution in [0.25, 0.3) is 0 Å². The summed E-state index contributed by atoms with van der Waals surface area (Å²) >= 11 is 3.40. The van der Waals surface area contributed by atoms with Crippen LogP contribution in [0.5, 0.6) is 0 Å². The summed E-state index contributed by atoms with van der Waals surface area (Å²) in [6.45, 7) is 7.02. The highest BCUT2D eigenvalue weighted by molar-refractivity contribution is 7.99. The maximum absolute atomic E-state index is 12.1. The molecule has 0 amide bonds. The molecular formula is C17H24O2S2. The normalized spacial score (nSPS) is 33.3. The smallest absolute Gasteiger partial charge is 0.316 e. The van der Waals surface area contributed by atoms with Crippen molar-refractivity contribution in [3.63, 3.8) is 0 Å². The molecule has 1 aromatic rings.